The van der Waals surface area contributed by atoms with Crippen molar-refractivity contribution in [1.29, 1.82) is 0 Å². The van der Waals surface area contributed by atoms with E-state index in [1.165, 1.54) is 4.88 Å². The summed E-state index contributed by atoms with van der Waals surface area (Å²) in [6.45, 7) is 2.74. The molecule has 0 atom stereocenters. The fourth-order valence-electron chi connectivity index (χ4n) is 2.77. The van der Waals surface area contributed by atoms with E-state index in [2.05, 4.69) is 32.7 Å². The lowest BCUT2D eigenvalue weighted by molar-refractivity contribution is 0.637. The van der Waals surface area contributed by atoms with Gasteiger partial charge >= 0.3 is 0 Å². The molecule has 0 aliphatic carbocycles. The van der Waals surface area contributed by atoms with Crippen molar-refractivity contribution in [3.8, 4) is 0 Å². The minimum Gasteiger partial charge on any atom is -0.308 e. The van der Waals surface area contributed by atoms with E-state index >= 15 is 0 Å². The number of rotatable bonds is 6. The van der Waals surface area contributed by atoms with E-state index in [1.54, 1.807) is 39.9 Å². The lowest BCUT2D eigenvalue weighted by atomic mass is 10.3. The van der Waals surface area contributed by atoms with E-state index in [0.29, 0.717) is 11.4 Å². The molecule has 8 heteroatoms. The van der Waals surface area contributed by atoms with Gasteiger partial charge in [0.25, 0.3) is 5.56 Å². The van der Waals surface area contributed by atoms with Gasteiger partial charge in [-0.1, -0.05) is 23.9 Å². The number of fused-ring (bicyclic) bond motifs is 1. The van der Waals surface area contributed by atoms with E-state index in [1.807, 2.05) is 29.7 Å². The van der Waals surface area contributed by atoms with Gasteiger partial charge in [0.15, 0.2) is 5.16 Å². The molecule has 0 N–H and O–H groups in total. The minimum atomic E-state index is -0.0529. The van der Waals surface area contributed by atoms with Gasteiger partial charge in [0.1, 0.15) is 12.0 Å². The Morgan fingerprint density at radius 1 is 1.23 bits per heavy atom. The van der Waals surface area contributed by atoms with Crippen molar-refractivity contribution in [2.45, 2.75) is 30.8 Å². The highest BCUT2D eigenvalue weighted by atomic mass is 32.2. The summed E-state index contributed by atoms with van der Waals surface area (Å²) >= 11 is 3.30. The zero-order valence-electron chi connectivity index (χ0n) is 14.2. The maximum Gasteiger partial charge on any atom is 0.258 e. The standard InChI is InChI=1S/C18H17N5OS2/c1-13-4-2-6-16-20-14(10-17(24)23(13)16)11-26-18-21-19-12-22(18)8-7-15-5-3-9-25-15/h2-6,9-10,12H,7-8,11H2,1H3. The Bertz CT molecular complexity index is 1080. The Labute approximate surface area is 158 Å². The van der Waals surface area contributed by atoms with Crippen LogP contribution in [0.5, 0.6) is 0 Å². The van der Waals surface area contributed by atoms with Crippen molar-refractivity contribution < 1.29 is 0 Å². The molecule has 0 aromatic carbocycles. The second kappa shape index (κ2) is 7.43. The zero-order chi connectivity index (χ0) is 17.9. The first-order valence-electron chi connectivity index (χ1n) is 8.22. The molecule has 0 saturated carbocycles. The molecule has 6 nitrogen and oxygen atoms in total. The lowest BCUT2D eigenvalue weighted by Gasteiger charge is -2.07. The van der Waals surface area contributed by atoms with E-state index in [0.717, 1.165) is 29.5 Å². The van der Waals surface area contributed by atoms with Crippen molar-refractivity contribution in [1.82, 2.24) is 24.1 Å². The number of thioether (sulfide) groups is 1. The predicted octanol–water partition coefficient (Wildman–Crippen LogP) is 3.19. The van der Waals surface area contributed by atoms with Gasteiger partial charge in [-0.3, -0.25) is 9.20 Å². The van der Waals surface area contributed by atoms with Crippen LogP contribution < -0.4 is 5.56 Å². The van der Waals surface area contributed by atoms with Crippen molar-refractivity contribution in [3.63, 3.8) is 0 Å². The first-order chi connectivity index (χ1) is 12.7. The molecule has 132 valence electrons. The molecule has 4 aromatic rings. The van der Waals surface area contributed by atoms with E-state index in [-0.39, 0.29) is 5.56 Å². The maximum absolute atomic E-state index is 12.4. The van der Waals surface area contributed by atoms with Crippen LogP contribution in [-0.2, 0) is 18.7 Å². The van der Waals surface area contributed by atoms with Crippen LogP contribution in [0.25, 0.3) is 5.65 Å². The van der Waals surface area contributed by atoms with Crippen molar-refractivity contribution in [2.75, 3.05) is 0 Å². The van der Waals surface area contributed by atoms with E-state index in [9.17, 15) is 4.79 Å². The van der Waals surface area contributed by atoms with Gasteiger partial charge in [-0.2, -0.15) is 0 Å². The van der Waals surface area contributed by atoms with Crippen LogP contribution in [0.15, 0.2) is 58.1 Å². The highest BCUT2D eigenvalue weighted by Crippen LogP contribution is 2.20. The number of aryl methyl sites for hydroxylation is 3. The van der Waals surface area contributed by atoms with Gasteiger partial charge < -0.3 is 4.57 Å². The first-order valence-corrected chi connectivity index (χ1v) is 10.1. The van der Waals surface area contributed by atoms with Gasteiger partial charge in [-0.25, -0.2) is 4.98 Å². The van der Waals surface area contributed by atoms with Gasteiger partial charge in [-0.05, 0) is 36.9 Å². The van der Waals surface area contributed by atoms with Crippen LogP contribution in [0.3, 0.4) is 0 Å². The number of nitrogens with zero attached hydrogens (tertiary/aromatic N) is 5. The van der Waals surface area contributed by atoms with Crippen molar-refractivity contribution >= 4 is 28.7 Å². The Hall–Kier alpha value is -2.45. The van der Waals surface area contributed by atoms with Gasteiger partial charge in [0.05, 0.1) is 5.69 Å². The Balaban J connectivity index is 1.49. The predicted molar refractivity (Wildman–Crippen MR) is 104 cm³/mol. The summed E-state index contributed by atoms with van der Waals surface area (Å²) < 4.78 is 3.67. The van der Waals surface area contributed by atoms with Crippen LogP contribution in [0.4, 0.5) is 0 Å². The molecular weight excluding hydrogens is 366 g/mol. The van der Waals surface area contributed by atoms with Crippen LogP contribution in [0.2, 0.25) is 0 Å². The molecule has 26 heavy (non-hydrogen) atoms. The summed E-state index contributed by atoms with van der Waals surface area (Å²) in [5.41, 5.74) is 2.25. The fraction of sp³-hybridized carbons (Fsp3) is 0.222. The SMILES string of the molecule is Cc1cccc2nc(CSc3nncn3CCc3cccs3)cc(=O)n12. The summed E-state index contributed by atoms with van der Waals surface area (Å²) in [7, 11) is 0. The smallest absolute Gasteiger partial charge is 0.258 e. The molecule has 0 aliphatic heterocycles. The summed E-state index contributed by atoms with van der Waals surface area (Å²) in [4.78, 5) is 18.3. The lowest BCUT2D eigenvalue weighted by Crippen LogP contribution is -2.17. The normalized spacial score (nSPS) is 11.3. The summed E-state index contributed by atoms with van der Waals surface area (Å²) in [5, 5.41) is 11.1. The molecule has 0 saturated heterocycles. The molecule has 0 unspecified atom stereocenters. The average molecular weight is 384 g/mol. The van der Waals surface area contributed by atoms with Crippen LogP contribution in [-0.4, -0.2) is 24.1 Å². The fourth-order valence-corrected chi connectivity index (χ4v) is 4.30. The van der Waals surface area contributed by atoms with Crippen molar-refractivity contribution in [3.05, 3.63) is 74.7 Å². The topological polar surface area (TPSA) is 65.1 Å². The zero-order valence-corrected chi connectivity index (χ0v) is 15.8. The van der Waals surface area contributed by atoms with Crippen LogP contribution in [0.1, 0.15) is 16.3 Å². The van der Waals surface area contributed by atoms with Crippen LogP contribution in [0, 0.1) is 6.92 Å². The summed E-state index contributed by atoms with van der Waals surface area (Å²) in [5.74, 6) is 0.581. The van der Waals surface area contributed by atoms with Gasteiger partial charge in [-0.15, -0.1) is 21.5 Å². The third-order valence-corrected chi connectivity index (χ3v) is 5.99. The Morgan fingerprint density at radius 2 is 2.15 bits per heavy atom. The number of thiophene rings is 1. The second-order valence-corrected chi connectivity index (χ2v) is 7.85. The number of pyridine rings is 1. The minimum absolute atomic E-state index is 0.0529. The Kier molecular flexibility index (Phi) is 4.85. The number of aromatic nitrogens is 5. The molecule has 0 aliphatic rings. The molecule has 4 heterocycles. The third-order valence-electron chi connectivity index (χ3n) is 4.04. The highest BCUT2D eigenvalue weighted by molar-refractivity contribution is 7.98. The average Bonchev–Trinajstić information content (AvgIpc) is 3.29. The molecule has 4 rings (SSSR count). The summed E-state index contributed by atoms with van der Waals surface area (Å²) in [6.07, 6.45) is 2.71. The molecule has 4 aromatic heterocycles. The monoisotopic (exact) mass is 383 g/mol. The first kappa shape index (κ1) is 17.0. The molecule has 0 spiro atoms. The maximum atomic E-state index is 12.4. The third kappa shape index (κ3) is 3.56. The van der Waals surface area contributed by atoms with Gasteiger partial charge in [0.2, 0.25) is 0 Å². The van der Waals surface area contributed by atoms with Crippen LogP contribution >= 0.6 is 23.1 Å². The summed E-state index contributed by atoms with van der Waals surface area (Å²) in [6, 6.07) is 11.5. The highest BCUT2D eigenvalue weighted by Gasteiger charge is 2.09. The molecule has 0 radical (unpaired) electrons. The molecule has 0 bridgehead atoms. The van der Waals surface area contributed by atoms with Gasteiger partial charge in [0, 0.05) is 28.9 Å². The number of hydrogen-bond acceptors (Lipinski definition) is 6. The van der Waals surface area contributed by atoms with E-state index < -0.39 is 0 Å². The molecule has 0 amide bonds. The quantitative estimate of drug-likeness (QED) is 0.479. The molecular formula is C18H17N5OS2. The largest absolute Gasteiger partial charge is 0.308 e. The number of hydrogen-bond donors (Lipinski definition) is 0. The second-order valence-electron chi connectivity index (χ2n) is 5.87. The van der Waals surface area contributed by atoms with Crippen molar-refractivity contribution in [2.24, 2.45) is 0 Å². The molecule has 0 fully saturated rings. The Morgan fingerprint density at radius 3 is 3.00 bits per heavy atom. The van der Waals surface area contributed by atoms with E-state index in [4.69, 9.17) is 0 Å².